The van der Waals surface area contributed by atoms with E-state index in [0.29, 0.717) is 16.7 Å². The summed E-state index contributed by atoms with van der Waals surface area (Å²) >= 11 is 0. The molecule has 0 radical (unpaired) electrons. The molecule has 0 amide bonds. The number of allylic oxidation sites excluding steroid dienone is 2. The van der Waals surface area contributed by atoms with Crippen LogP contribution < -0.4 is 0 Å². The van der Waals surface area contributed by atoms with E-state index in [-0.39, 0.29) is 18.0 Å². The van der Waals surface area contributed by atoms with Crippen molar-refractivity contribution in [2.24, 2.45) is 0 Å². The van der Waals surface area contributed by atoms with Crippen molar-refractivity contribution >= 4 is 29.0 Å². The van der Waals surface area contributed by atoms with Crippen LogP contribution in [0.25, 0.3) is 17.2 Å². The highest BCUT2D eigenvalue weighted by Crippen LogP contribution is 2.43. The fourth-order valence-electron chi connectivity index (χ4n) is 3.11. The van der Waals surface area contributed by atoms with Crippen LogP contribution in [0, 0.1) is 5.82 Å². The van der Waals surface area contributed by atoms with Gasteiger partial charge in [0.25, 0.3) is 0 Å². The van der Waals surface area contributed by atoms with Gasteiger partial charge in [0.2, 0.25) is 0 Å². The number of halogens is 1. The van der Waals surface area contributed by atoms with Crippen LogP contribution in [0.15, 0.2) is 48.0 Å². The number of aliphatic carboxylic acids is 1. The lowest BCUT2D eigenvalue weighted by Crippen LogP contribution is -1.97. The van der Waals surface area contributed by atoms with Crippen LogP contribution in [-0.2, 0) is 4.79 Å². The van der Waals surface area contributed by atoms with Gasteiger partial charge in [-0.15, -0.1) is 0 Å². The molecule has 3 nitrogen and oxygen atoms in total. The van der Waals surface area contributed by atoms with Crippen molar-refractivity contribution in [1.29, 1.82) is 0 Å². The van der Waals surface area contributed by atoms with E-state index in [1.165, 1.54) is 19.1 Å². The van der Waals surface area contributed by atoms with Gasteiger partial charge in [0.15, 0.2) is 5.78 Å². The van der Waals surface area contributed by atoms with E-state index >= 15 is 0 Å². The number of carboxylic acids is 1. The molecule has 0 aliphatic heterocycles. The van der Waals surface area contributed by atoms with Crippen LogP contribution in [0.4, 0.5) is 4.39 Å². The molecule has 2 aromatic carbocycles. The third-order valence-corrected chi connectivity index (χ3v) is 4.41. The summed E-state index contributed by atoms with van der Waals surface area (Å²) in [5.74, 6) is -1.33. The summed E-state index contributed by atoms with van der Waals surface area (Å²) < 4.78 is 13.7. The topological polar surface area (TPSA) is 54.4 Å². The number of hydrogen-bond donors (Lipinski definition) is 1. The molecule has 0 saturated heterocycles. The molecule has 3 rings (SSSR count). The van der Waals surface area contributed by atoms with Gasteiger partial charge in [-0.25, -0.2) is 4.39 Å². The minimum absolute atomic E-state index is 0.000658. The van der Waals surface area contributed by atoms with Gasteiger partial charge in [0, 0.05) is 5.56 Å². The van der Waals surface area contributed by atoms with Crippen molar-refractivity contribution in [3.8, 4) is 0 Å². The molecule has 4 heteroatoms. The first-order valence-corrected chi connectivity index (χ1v) is 7.91. The maximum atomic E-state index is 13.7. The summed E-state index contributed by atoms with van der Waals surface area (Å²) in [5.41, 5.74) is 5.33. The lowest BCUT2D eigenvalue weighted by molar-refractivity contribution is -0.135. The number of hydrogen-bond acceptors (Lipinski definition) is 2. The van der Waals surface area contributed by atoms with E-state index in [0.717, 1.165) is 22.3 Å². The lowest BCUT2D eigenvalue weighted by atomic mass is 10.00. The third kappa shape index (κ3) is 3.29. The van der Waals surface area contributed by atoms with Gasteiger partial charge in [0.05, 0.1) is 6.42 Å². The highest BCUT2D eigenvalue weighted by molar-refractivity contribution is 6.07. The number of fused-ring (bicyclic) bond motifs is 1. The second-order valence-corrected chi connectivity index (χ2v) is 6.10. The molecule has 0 bridgehead atoms. The molecular weight excluding hydrogens is 319 g/mol. The van der Waals surface area contributed by atoms with E-state index in [1.807, 2.05) is 25.1 Å². The first-order valence-electron chi connectivity index (χ1n) is 7.91. The predicted molar refractivity (Wildman–Crippen MR) is 95.6 cm³/mol. The number of carbonyl (C=O) groups excluding carboxylic acids is 1. The number of benzene rings is 2. The van der Waals surface area contributed by atoms with Crippen molar-refractivity contribution in [2.45, 2.75) is 20.3 Å². The Morgan fingerprint density at radius 1 is 1.08 bits per heavy atom. The average Bonchev–Trinajstić information content (AvgIpc) is 2.80. The van der Waals surface area contributed by atoms with Crippen LogP contribution >= 0.6 is 0 Å². The summed E-state index contributed by atoms with van der Waals surface area (Å²) in [6.07, 6.45) is 1.79. The molecule has 126 valence electrons. The van der Waals surface area contributed by atoms with Crippen molar-refractivity contribution in [2.75, 3.05) is 0 Å². The molecular formula is C21H17FO3. The van der Waals surface area contributed by atoms with Gasteiger partial charge in [-0.1, -0.05) is 30.3 Å². The van der Waals surface area contributed by atoms with E-state index in [9.17, 15) is 14.0 Å². The Labute approximate surface area is 145 Å². The predicted octanol–water partition coefficient (Wildman–Crippen LogP) is 4.83. The van der Waals surface area contributed by atoms with Crippen molar-refractivity contribution in [3.63, 3.8) is 0 Å². The lowest BCUT2D eigenvalue weighted by Gasteiger charge is -2.05. The zero-order chi connectivity index (χ0) is 18.1. The number of carboxylic acid groups (broad SMARTS) is 1. The summed E-state index contributed by atoms with van der Waals surface area (Å²) in [4.78, 5) is 22.6. The molecule has 0 atom stereocenters. The SMILES string of the molecule is CC(=O)c1ccc(/C=C2\C(C)=C(CC(=O)O)c3cc(F)ccc32)cc1. The summed E-state index contributed by atoms with van der Waals surface area (Å²) in [5, 5.41) is 9.17. The molecule has 0 fully saturated rings. The second kappa shape index (κ2) is 6.48. The Hall–Kier alpha value is -3.01. The Balaban J connectivity index is 2.10. The van der Waals surface area contributed by atoms with E-state index < -0.39 is 5.97 Å². The molecule has 1 N–H and O–H groups in total. The molecule has 1 aliphatic rings. The number of ketones is 1. The minimum atomic E-state index is -0.948. The van der Waals surface area contributed by atoms with Gasteiger partial charge < -0.3 is 5.11 Å². The summed E-state index contributed by atoms with van der Waals surface area (Å²) in [6.45, 7) is 3.37. The molecule has 0 unspecified atom stereocenters. The third-order valence-electron chi connectivity index (χ3n) is 4.41. The van der Waals surface area contributed by atoms with Crippen molar-refractivity contribution in [1.82, 2.24) is 0 Å². The second-order valence-electron chi connectivity index (χ2n) is 6.10. The first-order chi connectivity index (χ1) is 11.9. The monoisotopic (exact) mass is 336 g/mol. The Morgan fingerprint density at radius 3 is 2.36 bits per heavy atom. The first kappa shape index (κ1) is 16.8. The number of rotatable bonds is 4. The number of Topliss-reactive ketones (excluding diaryl/α,β-unsaturated/α-hetero) is 1. The average molecular weight is 336 g/mol. The summed E-state index contributed by atoms with van der Waals surface area (Å²) in [7, 11) is 0. The standard InChI is InChI=1S/C21H17FO3/c1-12-18(9-14-3-5-15(6-4-14)13(2)23)17-8-7-16(22)10-20(17)19(12)11-21(24)25/h3-10H,11H2,1-2H3,(H,24,25)/b18-9+. The molecule has 0 saturated carbocycles. The zero-order valence-electron chi connectivity index (χ0n) is 14.0. The van der Waals surface area contributed by atoms with Crippen LogP contribution in [0.5, 0.6) is 0 Å². The van der Waals surface area contributed by atoms with E-state index in [2.05, 4.69) is 0 Å². The van der Waals surface area contributed by atoms with E-state index in [4.69, 9.17) is 5.11 Å². The molecule has 25 heavy (non-hydrogen) atoms. The normalized spacial score (nSPS) is 14.8. The van der Waals surface area contributed by atoms with Gasteiger partial charge in [-0.2, -0.15) is 0 Å². The van der Waals surface area contributed by atoms with Gasteiger partial charge in [0.1, 0.15) is 5.82 Å². The maximum absolute atomic E-state index is 13.7. The van der Waals surface area contributed by atoms with Crippen molar-refractivity contribution < 1.29 is 19.1 Å². The fraction of sp³-hybridized carbons (Fsp3) is 0.143. The molecule has 1 aliphatic carbocycles. The molecule has 0 spiro atoms. The van der Waals surface area contributed by atoms with Crippen LogP contribution in [0.3, 0.4) is 0 Å². The summed E-state index contributed by atoms with van der Waals surface area (Å²) in [6, 6.07) is 11.6. The van der Waals surface area contributed by atoms with Gasteiger partial charge >= 0.3 is 5.97 Å². The maximum Gasteiger partial charge on any atom is 0.307 e. The van der Waals surface area contributed by atoms with Crippen LogP contribution in [-0.4, -0.2) is 16.9 Å². The minimum Gasteiger partial charge on any atom is -0.481 e. The van der Waals surface area contributed by atoms with E-state index in [1.54, 1.807) is 18.2 Å². The largest absolute Gasteiger partial charge is 0.481 e. The highest BCUT2D eigenvalue weighted by atomic mass is 19.1. The molecule has 2 aromatic rings. The Bertz CT molecular complexity index is 934. The smallest absolute Gasteiger partial charge is 0.307 e. The zero-order valence-corrected chi connectivity index (χ0v) is 14.0. The van der Waals surface area contributed by atoms with Gasteiger partial charge in [-0.3, -0.25) is 9.59 Å². The van der Waals surface area contributed by atoms with Crippen molar-refractivity contribution in [3.05, 3.63) is 76.1 Å². The Morgan fingerprint density at radius 2 is 1.76 bits per heavy atom. The Kier molecular flexibility index (Phi) is 4.36. The highest BCUT2D eigenvalue weighted by Gasteiger charge is 2.25. The molecule has 0 heterocycles. The molecule has 0 aromatic heterocycles. The van der Waals surface area contributed by atoms with Crippen LogP contribution in [0.1, 0.15) is 47.3 Å². The quantitative estimate of drug-likeness (QED) is 0.814. The van der Waals surface area contributed by atoms with Crippen LogP contribution in [0.2, 0.25) is 0 Å². The fourth-order valence-corrected chi connectivity index (χ4v) is 3.11. The number of carbonyl (C=O) groups is 2. The van der Waals surface area contributed by atoms with Gasteiger partial charge in [-0.05, 0) is 65.5 Å².